The summed E-state index contributed by atoms with van der Waals surface area (Å²) in [4.78, 5) is 12.6. The molecule has 0 amide bonds. The zero-order chi connectivity index (χ0) is 17.5. The molecule has 0 saturated heterocycles. The maximum absolute atomic E-state index is 12.6. The summed E-state index contributed by atoms with van der Waals surface area (Å²) in [7, 11) is -4.95. The normalized spacial score (nSPS) is 20.3. The highest BCUT2D eigenvalue weighted by Gasteiger charge is 2.43. The lowest BCUT2D eigenvalue weighted by atomic mass is 9.93. The Morgan fingerprint density at radius 2 is 1.75 bits per heavy atom. The zero-order valence-electron chi connectivity index (χ0n) is 12.0. The maximum atomic E-state index is 12.6. The molecule has 0 radical (unpaired) electrons. The molecule has 0 aromatic heterocycles. The quantitative estimate of drug-likeness (QED) is 0.710. The van der Waals surface area contributed by atoms with Crippen LogP contribution < -0.4 is 4.74 Å². The van der Waals surface area contributed by atoms with Gasteiger partial charge in [-0.15, -0.1) is 0 Å². The summed E-state index contributed by atoms with van der Waals surface area (Å²) < 4.78 is 41.2. The van der Waals surface area contributed by atoms with Gasteiger partial charge in [0.1, 0.15) is 22.8 Å². The van der Waals surface area contributed by atoms with E-state index in [0.717, 1.165) is 12.1 Å². The van der Waals surface area contributed by atoms with Crippen LogP contribution in [0, 0.1) is 0 Å². The fourth-order valence-corrected chi connectivity index (χ4v) is 2.97. The van der Waals surface area contributed by atoms with Crippen LogP contribution in [0.1, 0.15) is 22.0 Å². The molecule has 1 aliphatic rings. The predicted octanol–water partition coefficient (Wildman–Crippen LogP) is 1.60. The summed E-state index contributed by atoms with van der Waals surface area (Å²) in [6, 6.07) is 10.2. The van der Waals surface area contributed by atoms with Gasteiger partial charge in [-0.1, -0.05) is 30.3 Å². The molecule has 0 fully saturated rings. The second-order valence-corrected chi connectivity index (χ2v) is 6.14. The second kappa shape index (κ2) is 5.78. The van der Waals surface area contributed by atoms with Gasteiger partial charge in [0.2, 0.25) is 5.78 Å². The minimum atomic E-state index is -4.95. The molecule has 1 heterocycles. The van der Waals surface area contributed by atoms with Gasteiger partial charge in [-0.05, 0) is 5.56 Å². The first-order valence-electron chi connectivity index (χ1n) is 6.74. The zero-order valence-corrected chi connectivity index (χ0v) is 12.8. The van der Waals surface area contributed by atoms with Crippen LogP contribution >= 0.6 is 0 Å². The number of carbonyl (C=O) groups excluding carboxylic acids is 1. The monoisotopic (exact) mass is 352 g/mol. The number of hydrogen-bond acceptors (Lipinski definition) is 7. The number of rotatable bonds is 3. The number of phenolic OH excluding ortho intramolecular Hbond substituents is 2. The maximum Gasteiger partial charge on any atom is 0.398 e. The fraction of sp³-hybridized carbons (Fsp3) is 0.133. The fourth-order valence-electron chi connectivity index (χ4n) is 2.52. The number of ketones is 1. The Kier molecular flexibility index (Phi) is 3.91. The van der Waals surface area contributed by atoms with Crippen molar-refractivity contribution in [3.63, 3.8) is 0 Å². The first-order chi connectivity index (χ1) is 11.3. The topological polar surface area (TPSA) is 130 Å². The Labute approximate surface area is 136 Å². The largest absolute Gasteiger partial charge is 0.508 e. The predicted molar refractivity (Wildman–Crippen MR) is 80.3 cm³/mol. The van der Waals surface area contributed by atoms with E-state index in [1.165, 1.54) is 0 Å². The number of benzene rings is 2. The average molecular weight is 352 g/mol. The van der Waals surface area contributed by atoms with Gasteiger partial charge in [-0.3, -0.25) is 9.35 Å². The van der Waals surface area contributed by atoms with Gasteiger partial charge in [0.05, 0.1) is 0 Å². The van der Waals surface area contributed by atoms with Crippen molar-refractivity contribution in [2.75, 3.05) is 0 Å². The average Bonchev–Trinajstić information content (AvgIpc) is 2.49. The van der Waals surface area contributed by atoms with Crippen LogP contribution in [-0.4, -0.2) is 35.1 Å². The first kappa shape index (κ1) is 16.2. The molecule has 2 unspecified atom stereocenters. The van der Waals surface area contributed by atoms with Crippen molar-refractivity contribution in [2.24, 2.45) is 0 Å². The van der Waals surface area contributed by atoms with Crippen molar-refractivity contribution in [1.82, 2.24) is 0 Å². The summed E-state index contributed by atoms with van der Waals surface area (Å²) in [5, 5.41) is 19.4. The number of ether oxygens (including phenoxy) is 1. The van der Waals surface area contributed by atoms with Crippen LogP contribution in [0.4, 0.5) is 0 Å². The molecular formula is C15H12O8S. The molecule has 1 aliphatic heterocycles. The van der Waals surface area contributed by atoms with Crippen LogP contribution in [0.15, 0.2) is 42.5 Å². The van der Waals surface area contributed by atoms with E-state index in [-0.39, 0.29) is 17.1 Å². The summed E-state index contributed by atoms with van der Waals surface area (Å²) >= 11 is 0. The van der Waals surface area contributed by atoms with E-state index in [0.29, 0.717) is 5.56 Å². The molecule has 2 aromatic carbocycles. The highest BCUT2D eigenvalue weighted by molar-refractivity contribution is 7.80. The molecule has 126 valence electrons. The number of carbonyl (C=O) groups is 1. The molecule has 0 spiro atoms. The van der Waals surface area contributed by atoms with Crippen molar-refractivity contribution in [3.05, 3.63) is 53.6 Å². The highest BCUT2D eigenvalue weighted by Crippen LogP contribution is 2.42. The Morgan fingerprint density at radius 1 is 1.08 bits per heavy atom. The third kappa shape index (κ3) is 3.04. The van der Waals surface area contributed by atoms with Crippen LogP contribution in [0.2, 0.25) is 0 Å². The number of phenols is 2. The minimum absolute atomic E-state index is 0.124. The molecule has 2 aromatic rings. The smallest absolute Gasteiger partial charge is 0.398 e. The Morgan fingerprint density at radius 3 is 2.38 bits per heavy atom. The third-order valence-corrected chi connectivity index (χ3v) is 3.90. The molecule has 3 N–H and O–H groups in total. The third-order valence-electron chi connectivity index (χ3n) is 3.45. The molecule has 0 saturated carbocycles. The van der Waals surface area contributed by atoms with Gasteiger partial charge in [-0.25, -0.2) is 4.18 Å². The van der Waals surface area contributed by atoms with Crippen LogP contribution in [0.25, 0.3) is 0 Å². The van der Waals surface area contributed by atoms with Gasteiger partial charge in [0.15, 0.2) is 12.2 Å². The molecule has 0 bridgehead atoms. The summed E-state index contributed by atoms with van der Waals surface area (Å²) in [6.07, 6.45) is -2.93. The first-order valence-corrected chi connectivity index (χ1v) is 8.10. The molecule has 8 nitrogen and oxygen atoms in total. The molecule has 24 heavy (non-hydrogen) atoms. The standard InChI is InChI=1S/C15H12O8S/c16-9-6-10(17)12-11(7-9)22-14(8-4-2-1-3-5-8)15(13(12)18)23-24(19,20)21/h1-7,14-17H,(H,19,20,21). The molecular weight excluding hydrogens is 340 g/mol. The van der Waals surface area contributed by atoms with Gasteiger partial charge in [0, 0.05) is 12.1 Å². The minimum Gasteiger partial charge on any atom is -0.508 e. The lowest BCUT2D eigenvalue weighted by molar-refractivity contribution is 0.0293. The molecule has 3 rings (SSSR count). The van der Waals surface area contributed by atoms with E-state index in [9.17, 15) is 23.4 Å². The van der Waals surface area contributed by atoms with E-state index >= 15 is 0 Å². The van der Waals surface area contributed by atoms with Crippen molar-refractivity contribution in [1.29, 1.82) is 0 Å². The molecule has 2 atom stereocenters. The van der Waals surface area contributed by atoms with E-state index in [4.69, 9.17) is 9.29 Å². The van der Waals surface area contributed by atoms with Crippen molar-refractivity contribution >= 4 is 16.2 Å². The summed E-state index contributed by atoms with van der Waals surface area (Å²) in [6.45, 7) is 0. The van der Waals surface area contributed by atoms with Gasteiger partial charge < -0.3 is 14.9 Å². The number of aromatic hydroxyl groups is 2. The lowest BCUT2D eigenvalue weighted by Gasteiger charge is -2.31. The summed E-state index contributed by atoms with van der Waals surface area (Å²) in [5.74, 6) is -1.95. The van der Waals surface area contributed by atoms with Crippen molar-refractivity contribution < 1.29 is 36.9 Å². The van der Waals surface area contributed by atoms with E-state index in [1.807, 2.05) is 0 Å². The van der Waals surface area contributed by atoms with Gasteiger partial charge >= 0.3 is 10.4 Å². The van der Waals surface area contributed by atoms with E-state index < -0.39 is 34.1 Å². The van der Waals surface area contributed by atoms with Crippen LogP contribution in [0.5, 0.6) is 17.2 Å². The highest BCUT2D eigenvalue weighted by atomic mass is 32.3. The van der Waals surface area contributed by atoms with Gasteiger partial charge in [-0.2, -0.15) is 8.42 Å². The molecule has 0 aliphatic carbocycles. The van der Waals surface area contributed by atoms with E-state index in [1.54, 1.807) is 30.3 Å². The van der Waals surface area contributed by atoms with Crippen molar-refractivity contribution in [2.45, 2.75) is 12.2 Å². The second-order valence-electron chi connectivity index (χ2n) is 5.10. The SMILES string of the molecule is O=C1c2c(O)cc(O)cc2OC(c2ccccc2)C1OS(=O)(=O)O. The number of fused-ring (bicyclic) bond motifs is 1. The Bertz CT molecular complexity index is 891. The number of hydrogen-bond donors (Lipinski definition) is 3. The van der Waals surface area contributed by atoms with Gasteiger partial charge in [0.25, 0.3) is 0 Å². The lowest BCUT2D eigenvalue weighted by Crippen LogP contribution is -2.39. The number of Topliss-reactive ketones (excluding diaryl/α,β-unsaturated/α-hetero) is 1. The van der Waals surface area contributed by atoms with Crippen molar-refractivity contribution in [3.8, 4) is 17.2 Å². The molecule has 9 heteroatoms. The Balaban J connectivity index is 2.14. The summed E-state index contributed by atoms with van der Waals surface area (Å²) in [5.41, 5.74) is 0.0709. The Hall–Kier alpha value is -2.62. The van der Waals surface area contributed by atoms with E-state index in [2.05, 4.69) is 4.18 Å². The van der Waals surface area contributed by atoms with Crippen LogP contribution in [0.3, 0.4) is 0 Å². The van der Waals surface area contributed by atoms with Crippen LogP contribution in [-0.2, 0) is 14.6 Å².